The zero-order valence-electron chi connectivity index (χ0n) is 12.1. The van der Waals surface area contributed by atoms with Gasteiger partial charge in [0, 0.05) is 20.0 Å². The molecule has 0 aromatic heterocycles. The summed E-state index contributed by atoms with van der Waals surface area (Å²) in [6.45, 7) is 0.441. The third kappa shape index (κ3) is 4.51. The first-order chi connectivity index (χ1) is 9.47. The van der Waals surface area contributed by atoms with Crippen LogP contribution in [0.15, 0.2) is 0 Å². The van der Waals surface area contributed by atoms with E-state index in [1.165, 1.54) is 12.0 Å². The minimum absolute atomic E-state index is 0.123. The van der Waals surface area contributed by atoms with Crippen LogP contribution in [0.5, 0.6) is 0 Å². The Hall–Kier alpha value is -1.59. The third-order valence-corrected chi connectivity index (χ3v) is 3.88. The molecule has 0 spiro atoms. The number of ether oxygens (including phenoxy) is 1. The third-order valence-electron chi connectivity index (χ3n) is 3.88. The van der Waals surface area contributed by atoms with Gasteiger partial charge < -0.3 is 14.7 Å². The van der Waals surface area contributed by atoms with Gasteiger partial charge in [-0.15, -0.1) is 0 Å². The van der Waals surface area contributed by atoms with Gasteiger partial charge in [0.05, 0.1) is 18.9 Å². The van der Waals surface area contributed by atoms with Crippen LogP contribution < -0.4 is 0 Å². The first-order valence-electron chi connectivity index (χ1n) is 7.02. The topological polar surface area (TPSA) is 83.9 Å². The van der Waals surface area contributed by atoms with Gasteiger partial charge in [-0.3, -0.25) is 14.4 Å². The maximum absolute atomic E-state index is 12.3. The Morgan fingerprint density at radius 2 is 1.80 bits per heavy atom. The van der Waals surface area contributed by atoms with Crippen LogP contribution in [0, 0.1) is 11.8 Å². The molecule has 0 aromatic carbocycles. The molecule has 0 saturated heterocycles. The van der Waals surface area contributed by atoms with Crippen molar-refractivity contribution in [1.82, 2.24) is 4.90 Å². The smallest absolute Gasteiger partial charge is 0.307 e. The van der Waals surface area contributed by atoms with Crippen LogP contribution in [-0.4, -0.2) is 48.6 Å². The zero-order chi connectivity index (χ0) is 15.1. The van der Waals surface area contributed by atoms with Crippen molar-refractivity contribution in [2.75, 3.05) is 20.7 Å². The van der Waals surface area contributed by atoms with E-state index in [0.717, 1.165) is 12.8 Å². The van der Waals surface area contributed by atoms with Crippen LogP contribution in [0.1, 0.15) is 38.5 Å². The Balaban J connectivity index is 2.49. The Bertz CT molecular complexity index is 369. The number of carboxylic acids is 1. The Morgan fingerprint density at radius 1 is 1.20 bits per heavy atom. The van der Waals surface area contributed by atoms with Crippen molar-refractivity contribution >= 4 is 17.8 Å². The average Bonchev–Trinajstić information content (AvgIpc) is 2.45. The van der Waals surface area contributed by atoms with Gasteiger partial charge in [-0.05, 0) is 19.3 Å². The number of carbonyl (C=O) groups is 3. The van der Waals surface area contributed by atoms with Crippen LogP contribution in [0.3, 0.4) is 0 Å². The summed E-state index contributed by atoms with van der Waals surface area (Å²) in [5.41, 5.74) is 0. The maximum Gasteiger partial charge on any atom is 0.307 e. The molecule has 1 aliphatic carbocycles. The van der Waals surface area contributed by atoms with E-state index in [4.69, 9.17) is 0 Å². The lowest BCUT2D eigenvalue weighted by Crippen LogP contribution is -2.41. The molecule has 6 nitrogen and oxygen atoms in total. The van der Waals surface area contributed by atoms with Crippen LogP contribution >= 0.6 is 0 Å². The Labute approximate surface area is 119 Å². The van der Waals surface area contributed by atoms with Gasteiger partial charge in [0.15, 0.2) is 0 Å². The number of methoxy groups -OCH3 is 1. The lowest BCUT2D eigenvalue weighted by atomic mass is 9.78. The fourth-order valence-corrected chi connectivity index (χ4v) is 2.68. The monoisotopic (exact) mass is 285 g/mol. The first-order valence-corrected chi connectivity index (χ1v) is 7.02. The molecule has 1 aliphatic rings. The highest BCUT2D eigenvalue weighted by atomic mass is 16.5. The highest BCUT2D eigenvalue weighted by Crippen LogP contribution is 2.31. The highest BCUT2D eigenvalue weighted by Gasteiger charge is 2.36. The molecule has 0 heterocycles. The summed E-state index contributed by atoms with van der Waals surface area (Å²) >= 11 is 0. The van der Waals surface area contributed by atoms with Crippen molar-refractivity contribution in [1.29, 1.82) is 0 Å². The molecule has 0 aliphatic heterocycles. The second-order valence-electron chi connectivity index (χ2n) is 5.28. The van der Waals surface area contributed by atoms with Crippen molar-refractivity contribution in [2.24, 2.45) is 11.8 Å². The molecule has 6 heteroatoms. The summed E-state index contributed by atoms with van der Waals surface area (Å²) in [5.74, 6) is -2.30. The van der Waals surface area contributed by atoms with Crippen molar-refractivity contribution in [3.8, 4) is 0 Å². The summed E-state index contributed by atoms with van der Waals surface area (Å²) in [4.78, 5) is 36.0. The van der Waals surface area contributed by atoms with E-state index >= 15 is 0 Å². The van der Waals surface area contributed by atoms with E-state index < -0.39 is 17.8 Å². The van der Waals surface area contributed by atoms with E-state index in [2.05, 4.69) is 4.74 Å². The molecule has 1 saturated carbocycles. The predicted octanol–water partition coefficient (Wildman–Crippen LogP) is 1.29. The first kappa shape index (κ1) is 16.5. The number of carbonyl (C=O) groups excluding carboxylic acids is 2. The van der Waals surface area contributed by atoms with E-state index in [0.29, 0.717) is 25.8 Å². The summed E-state index contributed by atoms with van der Waals surface area (Å²) < 4.78 is 4.54. The second-order valence-corrected chi connectivity index (χ2v) is 5.28. The minimum Gasteiger partial charge on any atom is -0.481 e. The van der Waals surface area contributed by atoms with Gasteiger partial charge in [-0.2, -0.15) is 0 Å². The van der Waals surface area contributed by atoms with Crippen molar-refractivity contribution in [3.05, 3.63) is 0 Å². The quantitative estimate of drug-likeness (QED) is 0.743. The van der Waals surface area contributed by atoms with E-state index in [-0.39, 0.29) is 18.3 Å². The Kier molecular flexibility index (Phi) is 6.48. The number of rotatable bonds is 6. The number of amides is 1. The molecule has 20 heavy (non-hydrogen) atoms. The molecule has 114 valence electrons. The number of carboxylic acid groups (broad SMARTS) is 1. The fraction of sp³-hybridized carbons (Fsp3) is 0.786. The van der Waals surface area contributed by atoms with Gasteiger partial charge in [0.25, 0.3) is 0 Å². The molecule has 1 rings (SSSR count). The lowest BCUT2D eigenvalue weighted by molar-refractivity contribution is -0.151. The molecule has 1 N–H and O–H groups in total. The summed E-state index contributed by atoms with van der Waals surface area (Å²) in [5, 5.41) is 9.19. The van der Waals surface area contributed by atoms with E-state index in [9.17, 15) is 19.5 Å². The van der Waals surface area contributed by atoms with Crippen molar-refractivity contribution in [3.63, 3.8) is 0 Å². The van der Waals surface area contributed by atoms with Crippen molar-refractivity contribution < 1.29 is 24.2 Å². The number of hydrogen-bond acceptors (Lipinski definition) is 4. The minimum atomic E-state index is -0.883. The molecule has 1 fully saturated rings. The standard InChI is InChI=1S/C14H23NO5/c1-15(9-5-8-12(16)20-2)13(17)10-6-3-4-7-11(10)14(18)19/h10-11H,3-9H2,1-2H3,(H,18,19)/t10-,11+/m1/s1. The zero-order valence-corrected chi connectivity index (χ0v) is 12.1. The number of aliphatic carboxylic acids is 1. The van der Waals surface area contributed by atoms with Crippen LogP contribution in [0.25, 0.3) is 0 Å². The van der Waals surface area contributed by atoms with Gasteiger partial charge in [-0.1, -0.05) is 12.8 Å². The Morgan fingerprint density at radius 3 is 2.35 bits per heavy atom. The fourth-order valence-electron chi connectivity index (χ4n) is 2.68. The molecule has 1 amide bonds. The molecule has 0 aromatic rings. The summed E-state index contributed by atoms with van der Waals surface area (Å²) in [6.07, 6.45) is 3.77. The van der Waals surface area contributed by atoms with E-state index in [1.807, 2.05) is 0 Å². The van der Waals surface area contributed by atoms with Crippen LogP contribution in [0.2, 0.25) is 0 Å². The largest absolute Gasteiger partial charge is 0.481 e. The summed E-state index contributed by atoms with van der Waals surface area (Å²) in [7, 11) is 2.99. The van der Waals surface area contributed by atoms with Crippen molar-refractivity contribution in [2.45, 2.75) is 38.5 Å². The maximum atomic E-state index is 12.3. The van der Waals surface area contributed by atoms with Crippen LogP contribution in [-0.2, 0) is 19.1 Å². The molecular weight excluding hydrogens is 262 g/mol. The molecule has 2 atom stereocenters. The molecule has 0 unspecified atom stereocenters. The highest BCUT2D eigenvalue weighted by molar-refractivity contribution is 5.84. The second kappa shape index (κ2) is 7.87. The number of esters is 1. The molecule has 0 bridgehead atoms. The normalized spacial score (nSPS) is 22.1. The lowest BCUT2D eigenvalue weighted by Gasteiger charge is -2.31. The predicted molar refractivity (Wildman–Crippen MR) is 72.0 cm³/mol. The average molecular weight is 285 g/mol. The van der Waals surface area contributed by atoms with Gasteiger partial charge in [0.2, 0.25) is 5.91 Å². The number of nitrogens with zero attached hydrogens (tertiary/aromatic N) is 1. The van der Waals surface area contributed by atoms with Gasteiger partial charge in [0.1, 0.15) is 0 Å². The van der Waals surface area contributed by atoms with E-state index in [1.54, 1.807) is 7.05 Å². The summed E-state index contributed by atoms with van der Waals surface area (Å²) in [6, 6.07) is 0. The van der Waals surface area contributed by atoms with Gasteiger partial charge >= 0.3 is 11.9 Å². The van der Waals surface area contributed by atoms with Gasteiger partial charge in [-0.25, -0.2) is 0 Å². The van der Waals surface area contributed by atoms with Crippen LogP contribution in [0.4, 0.5) is 0 Å². The number of hydrogen-bond donors (Lipinski definition) is 1. The SMILES string of the molecule is COC(=O)CCCN(C)C(=O)[C@@H]1CCCC[C@@H]1C(=O)O. The molecular formula is C14H23NO5. The molecule has 0 radical (unpaired) electrons.